The number of carbonyl (C=O) groups excluding carboxylic acids is 2. The molecule has 0 radical (unpaired) electrons. The van der Waals surface area contributed by atoms with Crippen molar-refractivity contribution in [2.75, 3.05) is 19.0 Å². The van der Waals surface area contributed by atoms with Crippen LogP contribution in [0.4, 0.5) is 5.69 Å². The topological polar surface area (TPSA) is 81.1 Å². The minimum absolute atomic E-state index is 0.0539. The summed E-state index contributed by atoms with van der Waals surface area (Å²) < 4.78 is 0. The van der Waals surface area contributed by atoms with Crippen LogP contribution in [0.15, 0.2) is 60.7 Å². The third kappa shape index (κ3) is 4.86. The number of amides is 2. The smallest absolute Gasteiger partial charge is 0.262 e. The molecule has 0 atom stereocenters. The molecule has 0 saturated carbocycles. The Hall–Kier alpha value is -4.21. The Morgan fingerprint density at radius 2 is 1.66 bits per heavy atom. The van der Waals surface area contributed by atoms with Gasteiger partial charge < -0.3 is 20.0 Å². The number of phenolic OH excluding ortho intramolecular Hbond substituents is 2. The molecular weight excluding hydrogens is 464 g/mol. The van der Waals surface area contributed by atoms with Crippen LogP contribution in [-0.2, 0) is 6.54 Å². The molecule has 0 spiro atoms. The minimum atomic E-state index is -0.523. The maximum absolute atomic E-state index is 13.7. The molecule has 0 fully saturated rings. The highest BCUT2D eigenvalue weighted by Crippen LogP contribution is 2.33. The number of aryl methyl sites for hydroxylation is 1. The highest BCUT2D eigenvalue weighted by Gasteiger charge is 2.24. The molecule has 2 N–H and O–H groups in total. The number of rotatable bonds is 5. The van der Waals surface area contributed by atoms with Crippen LogP contribution < -0.4 is 4.90 Å². The summed E-state index contributed by atoms with van der Waals surface area (Å²) in [5.74, 6) is -1.40. The Kier molecular flexibility index (Phi) is 6.54. The van der Waals surface area contributed by atoms with Crippen LogP contribution in [0.3, 0.4) is 0 Å². The lowest BCUT2D eigenvalue weighted by Gasteiger charge is -2.24. The first-order chi connectivity index (χ1) is 16.7. The van der Waals surface area contributed by atoms with Crippen molar-refractivity contribution in [2.45, 2.75) is 13.5 Å². The quantitative estimate of drug-likeness (QED) is 0.398. The van der Waals surface area contributed by atoms with E-state index in [4.69, 9.17) is 11.6 Å². The van der Waals surface area contributed by atoms with Crippen molar-refractivity contribution in [2.24, 2.45) is 0 Å². The molecule has 176 valence electrons. The number of fused-ring (bicyclic) bond motifs is 1. The zero-order valence-electron chi connectivity index (χ0n) is 19.5. The second-order valence-corrected chi connectivity index (χ2v) is 8.85. The van der Waals surface area contributed by atoms with Crippen LogP contribution in [0, 0.1) is 19.1 Å². The van der Waals surface area contributed by atoms with Crippen LogP contribution in [0.2, 0.25) is 5.02 Å². The number of nitrogens with zero attached hydrogens (tertiary/aromatic N) is 2. The summed E-state index contributed by atoms with van der Waals surface area (Å²) in [5.41, 5.74) is 2.82. The van der Waals surface area contributed by atoms with Crippen molar-refractivity contribution < 1.29 is 19.8 Å². The number of benzene rings is 3. The zero-order valence-corrected chi connectivity index (χ0v) is 20.2. The Morgan fingerprint density at radius 3 is 2.34 bits per heavy atom. The first-order valence-corrected chi connectivity index (χ1v) is 11.2. The van der Waals surface area contributed by atoms with Crippen molar-refractivity contribution in [3.8, 4) is 11.5 Å². The molecule has 0 aliphatic heterocycles. The molecule has 7 heteroatoms. The number of hydrogen-bond donors (Lipinski definition) is 2. The summed E-state index contributed by atoms with van der Waals surface area (Å²) in [5, 5.41) is 22.0. The predicted octanol–water partition coefficient (Wildman–Crippen LogP) is 5.36. The van der Waals surface area contributed by atoms with Gasteiger partial charge in [-0.2, -0.15) is 0 Å². The standard InChI is InChI=1S/C28H23ClN2O4/c1-17-7-8-18-5-4-6-20(22(18)13-17)16-31(21-11-9-19(10-12-21)27(34)30(2)3)28(35)23-14-24(29)26(33)15-25(23)32/h6-15,32-33H,16H2,1-3H3. The number of aromatic hydroxyl groups is 2. The van der Waals surface area contributed by atoms with Crippen LogP contribution in [0.1, 0.15) is 31.8 Å². The molecule has 0 aliphatic rings. The van der Waals surface area contributed by atoms with E-state index in [0.29, 0.717) is 11.3 Å². The molecule has 0 aromatic heterocycles. The summed E-state index contributed by atoms with van der Waals surface area (Å²) in [7, 11) is 3.33. The zero-order chi connectivity index (χ0) is 25.3. The van der Waals surface area contributed by atoms with Crippen molar-refractivity contribution in [1.82, 2.24) is 4.90 Å². The van der Waals surface area contributed by atoms with Crippen molar-refractivity contribution in [1.29, 1.82) is 0 Å². The van der Waals surface area contributed by atoms with E-state index in [0.717, 1.165) is 28.0 Å². The summed E-state index contributed by atoms with van der Waals surface area (Å²) >= 11 is 6.04. The monoisotopic (exact) mass is 486 g/mol. The first-order valence-electron chi connectivity index (χ1n) is 10.8. The fourth-order valence-corrected chi connectivity index (χ4v) is 3.97. The van der Waals surface area contributed by atoms with Gasteiger partial charge in [0.15, 0.2) is 0 Å². The van der Waals surface area contributed by atoms with Crippen molar-refractivity contribution in [3.05, 3.63) is 100 Å². The van der Waals surface area contributed by atoms with Gasteiger partial charge in [-0.1, -0.05) is 41.4 Å². The number of halogens is 1. The third-order valence-electron chi connectivity index (χ3n) is 5.68. The SMILES string of the molecule is Cc1ccc2c#ccc(CN(C(=O)c3cc(Cl)c(O)cc3O)c3ccc(C(=O)N(C)C)cc3)c2c1. The maximum atomic E-state index is 13.7. The summed E-state index contributed by atoms with van der Waals surface area (Å²) in [6.45, 7) is 2.14. The second-order valence-electron chi connectivity index (χ2n) is 8.45. The second kappa shape index (κ2) is 9.57. The van der Waals surface area contributed by atoms with Crippen LogP contribution in [0.25, 0.3) is 10.8 Å². The lowest BCUT2D eigenvalue weighted by atomic mass is 10.0. The van der Waals surface area contributed by atoms with E-state index >= 15 is 0 Å². The van der Waals surface area contributed by atoms with Gasteiger partial charge in [0.2, 0.25) is 0 Å². The average molecular weight is 487 g/mol. The van der Waals surface area contributed by atoms with Crippen LogP contribution in [0.5, 0.6) is 11.5 Å². The number of phenols is 2. The molecule has 4 aromatic rings. The molecule has 4 rings (SSSR count). The van der Waals surface area contributed by atoms with Gasteiger partial charge in [-0.3, -0.25) is 9.59 Å². The molecule has 0 heterocycles. The van der Waals surface area contributed by atoms with Gasteiger partial charge in [-0.15, -0.1) is 0 Å². The normalized spacial score (nSPS) is 10.6. The van der Waals surface area contributed by atoms with E-state index in [-0.39, 0.29) is 28.8 Å². The Bertz CT molecular complexity index is 1430. The molecule has 35 heavy (non-hydrogen) atoms. The van der Waals surface area contributed by atoms with Gasteiger partial charge >= 0.3 is 0 Å². The van der Waals surface area contributed by atoms with Crippen molar-refractivity contribution in [3.63, 3.8) is 0 Å². The largest absolute Gasteiger partial charge is 0.507 e. The third-order valence-corrected chi connectivity index (χ3v) is 5.98. The highest BCUT2D eigenvalue weighted by molar-refractivity contribution is 6.32. The van der Waals surface area contributed by atoms with E-state index in [2.05, 4.69) is 12.1 Å². The summed E-state index contributed by atoms with van der Waals surface area (Å²) in [6, 6.07) is 22.7. The van der Waals surface area contributed by atoms with E-state index < -0.39 is 11.7 Å². The maximum Gasteiger partial charge on any atom is 0.262 e. The fourth-order valence-electron chi connectivity index (χ4n) is 3.80. The van der Waals surface area contributed by atoms with E-state index in [1.54, 1.807) is 44.4 Å². The van der Waals surface area contributed by atoms with Crippen LogP contribution >= 0.6 is 11.6 Å². The number of carbonyl (C=O) groups is 2. The lowest BCUT2D eigenvalue weighted by Crippen LogP contribution is -2.30. The van der Waals surface area contributed by atoms with Gasteiger partial charge in [0, 0.05) is 36.8 Å². The Balaban J connectivity index is 1.82. The lowest BCUT2D eigenvalue weighted by molar-refractivity contribution is 0.0827. The number of hydrogen-bond acceptors (Lipinski definition) is 4. The molecule has 0 aliphatic carbocycles. The average Bonchev–Trinajstić information content (AvgIpc) is 2.84. The molecule has 6 nitrogen and oxygen atoms in total. The fraction of sp³-hybridized carbons (Fsp3) is 0.143. The molecule has 2 amide bonds. The van der Waals surface area contributed by atoms with Gasteiger partial charge in [-0.05, 0) is 60.3 Å². The van der Waals surface area contributed by atoms with Gasteiger partial charge in [0.25, 0.3) is 11.8 Å². The molecule has 4 aromatic carbocycles. The molecule has 0 unspecified atom stereocenters. The van der Waals surface area contributed by atoms with E-state index in [1.807, 2.05) is 25.1 Å². The minimum Gasteiger partial charge on any atom is -0.507 e. The molecule has 0 bridgehead atoms. The summed E-state index contributed by atoms with van der Waals surface area (Å²) in [4.78, 5) is 29.0. The highest BCUT2D eigenvalue weighted by atomic mass is 35.5. The summed E-state index contributed by atoms with van der Waals surface area (Å²) in [6.07, 6.45) is 0. The van der Waals surface area contributed by atoms with E-state index in [9.17, 15) is 19.8 Å². The van der Waals surface area contributed by atoms with Gasteiger partial charge in [-0.25, -0.2) is 0 Å². The van der Waals surface area contributed by atoms with Crippen LogP contribution in [-0.4, -0.2) is 41.0 Å². The van der Waals surface area contributed by atoms with Gasteiger partial charge in [0.1, 0.15) is 11.5 Å². The molecule has 0 saturated heterocycles. The predicted molar refractivity (Wildman–Crippen MR) is 136 cm³/mol. The Morgan fingerprint density at radius 1 is 0.943 bits per heavy atom. The van der Waals surface area contributed by atoms with Crippen molar-refractivity contribution >= 4 is 39.9 Å². The molecular formula is C28H23ClN2O4. The van der Waals surface area contributed by atoms with E-state index in [1.165, 1.54) is 15.9 Å². The van der Waals surface area contributed by atoms with Gasteiger partial charge in [0.05, 0.1) is 17.1 Å². The first kappa shape index (κ1) is 23.9. The number of anilines is 1. The Labute approximate surface area is 208 Å².